The van der Waals surface area contributed by atoms with Gasteiger partial charge in [0.15, 0.2) is 0 Å². The van der Waals surface area contributed by atoms with Crippen molar-refractivity contribution in [2.24, 2.45) is 30.4 Å². The molecule has 8 rings (SSSR count). The number of non-ortho nitro benzene ring substituents is 2. The first-order valence-electron chi connectivity index (χ1n) is 19.7. The molecule has 5 aromatic rings. The minimum atomic E-state index is -4.98. The fraction of sp³-hybridized carbons (Fsp3) is 0.0976. The number of allylic oxidation sites excluding steroid dienone is 4. The van der Waals surface area contributed by atoms with E-state index >= 15 is 0 Å². The number of nitro benzene ring substituents is 2. The summed E-state index contributed by atoms with van der Waals surface area (Å²) in [6.07, 6.45) is 5.66. The fourth-order valence-electron chi connectivity index (χ4n) is 7.23. The number of hydrogen-bond donors (Lipinski definition) is 5. The maximum atomic E-state index is 13.5. The van der Waals surface area contributed by atoms with Crippen molar-refractivity contribution in [1.29, 1.82) is 0 Å². The number of anilines is 2. The Balaban J connectivity index is 0.00000423. The smallest absolute Gasteiger partial charge is 0.871 e. The second-order valence-electron chi connectivity index (χ2n) is 15.1. The van der Waals surface area contributed by atoms with E-state index in [9.17, 15) is 71.1 Å². The monoisotopic (exact) mass is 1040 g/mol. The standard InChI is InChI=1S/C41H30N12O15S2.2Na/c1-19-35(44-46-37-27-13-11-25(52(59)60)15-29(27)33(17-31(37)54)69(63,64)65)39(56)50(48-19)23-7-3-21(4-8-23)42-41(58)43-22-5-9-24(10-6-22)51-40(57)36(20(2)49-51)45-47-38-28-14-12-26(53(61)62)16-30(28)34(18-32(38)55)70(66,67)68;;/h3-18,35-36H,1-2H3,(H6,42,43,44,45,54,55,58,63,64,65,66,67,68);;/q;2*+1/p-1. The number of hydrazone groups is 2. The molecule has 2 heterocycles. The molecule has 0 saturated heterocycles. The fourth-order valence-corrected chi connectivity index (χ4v) is 8.64. The van der Waals surface area contributed by atoms with E-state index in [1.165, 1.54) is 62.4 Å². The van der Waals surface area contributed by atoms with Crippen molar-refractivity contribution in [2.75, 3.05) is 10.4 Å². The number of hydrogen-bond acceptors (Lipinski definition) is 20. The number of hydrazine groups is 1. The summed E-state index contributed by atoms with van der Waals surface area (Å²) < 4.78 is 68.5. The maximum absolute atomic E-state index is 13.5. The molecular weight excluding hydrogens is 1010 g/mol. The quantitative estimate of drug-likeness (QED) is 0.0103. The van der Waals surface area contributed by atoms with Crippen LogP contribution >= 0.6 is 0 Å². The summed E-state index contributed by atoms with van der Waals surface area (Å²) in [5.74, 6) is -3.01. The number of amides is 2. The van der Waals surface area contributed by atoms with Crippen LogP contribution in [0, 0.1) is 20.2 Å². The van der Waals surface area contributed by atoms with Crippen molar-refractivity contribution in [3.05, 3.63) is 117 Å². The molecule has 3 aliphatic rings. The number of aromatic hydroxyl groups is 1. The van der Waals surface area contributed by atoms with Gasteiger partial charge in [-0.15, -0.1) is 0 Å². The number of azo groups is 1. The summed E-state index contributed by atoms with van der Waals surface area (Å²) in [6.45, 7) is 2.98. The Kier molecular flexibility index (Phi) is 15.8. The van der Waals surface area contributed by atoms with Gasteiger partial charge in [-0.1, -0.05) is 5.75 Å². The molecule has 1 aliphatic carbocycles. The molecule has 356 valence electrons. The second-order valence-corrected chi connectivity index (χ2v) is 17.8. The number of carbonyl (C=O) groups excluding carboxylic acids is 2. The van der Waals surface area contributed by atoms with Gasteiger partial charge in [0.05, 0.1) is 38.7 Å². The second kappa shape index (κ2) is 21.0. The molecule has 0 radical (unpaired) electrons. The maximum Gasteiger partial charge on any atom is 1.00 e. The zero-order valence-electron chi connectivity index (χ0n) is 37.4. The van der Waals surface area contributed by atoms with Crippen LogP contribution in [0.25, 0.3) is 21.5 Å². The van der Waals surface area contributed by atoms with Gasteiger partial charge in [0.25, 0.3) is 37.5 Å². The largest absolute Gasteiger partial charge is 1.00 e. The normalized spacial score (nSPS) is 17.1. The van der Waals surface area contributed by atoms with Gasteiger partial charge in [0.2, 0.25) is 11.8 Å². The van der Waals surface area contributed by atoms with Gasteiger partial charge in [0.1, 0.15) is 33.0 Å². The van der Waals surface area contributed by atoms with E-state index < -0.39 is 92.7 Å². The molecule has 27 nitrogen and oxygen atoms in total. The third-order valence-corrected chi connectivity index (χ3v) is 12.3. The minimum absolute atomic E-state index is 0. The number of benzene rings is 5. The summed E-state index contributed by atoms with van der Waals surface area (Å²) in [6, 6.07) is 9.53. The molecule has 2 atom stereocenters. The number of nitrogens with one attached hydrogen (secondary N) is 2. The average molecular weight is 1040 g/mol. The molecule has 2 aliphatic heterocycles. The molecule has 2 unspecified atom stereocenters. The summed E-state index contributed by atoms with van der Waals surface area (Å²) in [4.78, 5) is 54.3. The van der Waals surface area contributed by atoms with E-state index in [2.05, 4.69) is 41.3 Å². The Hall–Kier alpha value is -7.03. The predicted molar refractivity (Wildman–Crippen MR) is 244 cm³/mol. The summed E-state index contributed by atoms with van der Waals surface area (Å²) in [5, 5.41) is 75.8. The molecular formula is C41H29N12Na2O15S2+. The number of phenols is 1. The number of phenolic OH excluding ortho intramolecular Hbond substituents is 1. The number of nitrogens with zero attached hydrogens (tertiary/aromatic N) is 10. The van der Waals surface area contributed by atoms with E-state index in [-0.39, 0.29) is 126 Å². The van der Waals surface area contributed by atoms with Crippen LogP contribution in [-0.4, -0.2) is 98.3 Å². The third-order valence-electron chi connectivity index (χ3n) is 10.5. The Morgan fingerprint density at radius 3 is 1.94 bits per heavy atom. The number of rotatable bonds is 11. The van der Waals surface area contributed by atoms with Crippen LogP contribution in [0.4, 0.5) is 34.1 Å². The van der Waals surface area contributed by atoms with E-state index in [0.29, 0.717) is 12.1 Å². The number of amidine groups is 1. The van der Waals surface area contributed by atoms with Crippen LogP contribution in [0.1, 0.15) is 13.8 Å². The topological polar surface area (TPSA) is 400 Å². The Labute approximate surface area is 448 Å². The molecule has 0 fully saturated rings. The third kappa shape index (κ3) is 10.9. The van der Waals surface area contributed by atoms with Crippen molar-refractivity contribution in [1.82, 2.24) is 5.43 Å². The van der Waals surface area contributed by atoms with Gasteiger partial charge in [-0.3, -0.25) is 34.1 Å². The summed E-state index contributed by atoms with van der Waals surface area (Å²) in [7, 11) is -9.94. The Bertz CT molecular complexity index is 3670. The van der Waals surface area contributed by atoms with Crippen molar-refractivity contribution >= 4 is 117 Å². The first-order chi connectivity index (χ1) is 33.0. The molecule has 0 bridgehead atoms. The molecule has 0 aromatic heterocycles. The van der Waals surface area contributed by atoms with Gasteiger partial charge in [-0.25, -0.2) is 20.2 Å². The number of nitro groups is 2. The van der Waals surface area contributed by atoms with E-state index in [1.54, 1.807) is 0 Å². The number of aliphatic imine (C=N–C) groups is 2. The van der Waals surface area contributed by atoms with Crippen LogP contribution < -0.4 is 85.2 Å². The van der Waals surface area contributed by atoms with Crippen molar-refractivity contribution in [2.45, 2.75) is 35.7 Å². The zero-order chi connectivity index (χ0) is 50.6. The predicted octanol–water partition coefficient (Wildman–Crippen LogP) is -2.77. The molecule has 2 amide bonds. The van der Waals surface area contributed by atoms with Gasteiger partial charge in [0, 0.05) is 74.8 Å². The van der Waals surface area contributed by atoms with Crippen LogP contribution in [0.5, 0.6) is 11.5 Å². The molecule has 0 saturated carbocycles. The summed E-state index contributed by atoms with van der Waals surface area (Å²) in [5.41, 5.74) is 4.76. The first kappa shape index (κ1) is 54.3. The summed E-state index contributed by atoms with van der Waals surface area (Å²) >= 11 is 0. The van der Waals surface area contributed by atoms with Crippen molar-refractivity contribution in [3.63, 3.8) is 0 Å². The van der Waals surface area contributed by atoms with Crippen LogP contribution in [0.3, 0.4) is 0 Å². The van der Waals surface area contributed by atoms with Gasteiger partial charge < -0.3 is 20.7 Å². The van der Waals surface area contributed by atoms with Crippen molar-refractivity contribution < 1.29 is 124 Å². The van der Waals surface area contributed by atoms with Crippen LogP contribution in [0.2, 0.25) is 0 Å². The van der Waals surface area contributed by atoms with E-state index in [0.717, 1.165) is 46.1 Å². The molecule has 0 spiro atoms. The Morgan fingerprint density at radius 2 is 1.36 bits per heavy atom. The van der Waals surface area contributed by atoms with Gasteiger partial charge >= 0.3 is 65.0 Å². The zero-order valence-corrected chi connectivity index (χ0v) is 43.1. The Morgan fingerprint density at radius 1 is 0.792 bits per heavy atom. The SMILES string of the molecule is CC1=N[N+](=C2C=CC(=NC([O-])=Nc3ccc(N4N=C(C)C(NNc5c([O-])cc(S(=O)(=O)O)c6cc([N+](=O)[O-])ccc56)C4=O)cc3)C=C2)C(=O)C1N=Nc1c(O)cc(S(=O)(=O)O)c2cc([N+](=O)[O-])ccc12.[Na+].[Na+]. The minimum Gasteiger partial charge on any atom is -0.871 e. The van der Waals surface area contributed by atoms with Crippen LogP contribution in [0.15, 0.2) is 137 Å². The molecule has 31 heteroatoms. The van der Waals surface area contributed by atoms with E-state index in [4.69, 9.17) is 0 Å². The van der Waals surface area contributed by atoms with E-state index in [1.807, 2.05) is 0 Å². The molecule has 5 N–H and O–H groups in total. The van der Waals surface area contributed by atoms with Crippen molar-refractivity contribution in [3.8, 4) is 11.5 Å². The average Bonchev–Trinajstić information content (AvgIpc) is 3.75. The molecule has 5 aromatic carbocycles. The van der Waals surface area contributed by atoms with Gasteiger partial charge in [-0.2, -0.15) is 37.2 Å². The molecule has 72 heavy (non-hydrogen) atoms. The number of carbonyl (C=O) groups is 2. The van der Waals surface area contributed by atoms with Gasteiger partial charge in [-0.05, 0) is 73.1 Å². The number of fused-ring (bicyclic) bond motifs is 2. The van der Waals surface area contributed by atoms with Crippen LogP contribution in [-0.2, 0) is 29.8 Å². The first-order valence-corrected chi connectivity index (χ1v) is 22.6.